The van der Waals surface area contributed by atoms with E-state index in [2.05, 4.69) is 24.3 Å². The molecule has 0 N–H and O–H groups in total. The highest BCUT2D eigenvalue weighted by atomic mass is 16.5. The molecular formula is C29H22O3. The van der Waals surface area contributed by atoms with Crippen molar-refractivity contribution in [3.05, 3.63) is 117 Å². The van der Waals surface area contributed by atoms with Crippen molar-refractivity contribution in [3.8, 4) is 0 Å². The van der Waals surface area contributed by atoms with Crippen LogP contribution in [0.15, 0.2) is 96.1 Å². The average molecular weight is 418 g/mol. The highest BCUT2D eigenvalue weighted by molar-refractivity contribution is 5.86. The van der Waals surface area contributed by atoms with Gasteiger partial charge in [-0.2, -0.15) is 0 Å². The van der Waals surface area contributed by atoms with Crippen molar-refractivity contribution in [2.24, 2.45) is 0 Å². The molecule has 4 aliphatic rings. The highest BCUT2D eigenvalue weighted by Crippen LogP contribution is 2.30. The monoisotopic (exact) mass is 418 g/mol. The zero-order valence-electron chi connectivity index (χ0n) is 17.5. The highest BCUT2D eigenvalue weighted by Gasteiger charge is 2.28. The summed E-state index contributed by atoms with van der Waals surface area (Å²) < 4.78 is 12.1. The molecule has 0 fully saturated rings. The summed E-state index contributed by atoms with van der Waals surface area (Å²) in [5.74, 6) is 0.164. The fourth-order valence-corrected chi connectivity index (χ4v) is 4.91. The van der Waals surface area contributed by atoms with Gasteiger partial charge in [-0.05, 0) is 21.6 Å². The second kappa shape index (κ2) is 7.69. The Morgan fingerprint density at radius 3 is 1.66 bits per heavy atom. The van der Waals surface area contributed by atoms with Gasteiger partial charge in [-0.15, -0.1) is 0 Å². The van der Waals surface area contributed by atoms with Gasteiger partial charge in [-0.3, -0.25) is 4.79 Å². The van der Waals surface area contributed by atoms with E-state index >= 15 is 0 Å². The molecule has 0 saturated carbocycles. The Kier molecular flexibility index (Phi) is 4.53. The van der Waals surface area contributed by atoms with E-state index in [1.54, 1.807) is 12.5 Å². The first kappa shape index (κ1) is 18.9. The fourth-order valence-electron chi connectivity index (χ4n) is 4.91. The maximum absolute atomic E-state index is 13.1. The summed E-state index contributed by atoms with van der Waals surface area (Å²) in [5.41, 5.74) is 4.23. The van der Waals surface area contributed by atoms with E-state index in [1.165, 1.54) is 10.4 Å². The second-order valence-corrected chi connectivity index (χ2v) is 8.45. The first-order chi connectivity index (χ1) is 15.8. The molecule has 3 nitrogen and oxygen atoms in total. The molecular weight excluding hydrogens is 396 g/mol. The number of ether oxygens (including phenoxy) is 2. The van der Waals surface area contributed by atoms with E-state index in [4.69, 9.17) is 9.47 Å². The van der Waals surface area contributed by atoms with Crippen molar-refractivity contribution in [2.75, 3.05) is 0 Å². The quantitative estimate of drug-likeness (QED) is 0.765. The third-order valence-corrected chi connectivity index (χ3v) is 6.42. The van der Waals surface area contributed by atoms with Gasteiger partial charge in [0.25, 0.3) is 0 Å². The van der Waals surface area contributed by atoms with E-state index in [0.29, 0.717) is 12.8 Å². The van der Waals surface area contributed by atoms with Gasteiger partial charge in [-0.25, -0.2) is 0 Å². The van der Waals surface area contributed by atoms with Crippen LogP contribution in [0.2, 0.25) is 0 Å². The smallest absolute Gasteiger partial charge is 0.145 e. The van der Waals surface area contributed by atoms with Crippen molar-refractivity contribution >= 4 is 29.5 Å². The average Bonchev–Trinajstić information content (AvgIpc) is 2.84. The maximum Gasteiger partial charge on any atom is 0.145 e. The number of carbonyl (C=O) groups is 1. The number of allylic oxidation sites excluding steroid dienone is 4. The van der Waals surface area contributed by atoms with Crippen LogP contribution in [0.1, 0.15) is 12.8 Å². The molecule has 2 aliphatic heterocycles. The molecule has 32 heavy (non-hydrogen) atoms. The zero-order valence-corrected chi connectivity index (χ0v) is 17.5. The van der Waals surface area contributed by atoms with Crippen LogP contribution >= 0.6 is 0 Å². The lowest BCUT2D eigenvalue weighted by Gasteiger charge is -2.28. The molecule has 0 saturated heterocycles. The molecule has 0 bridgehead atoms. The minimum atomic E-state index is -0.202. The van der Waals surface area contributed by atoms with Crippen molar-refractivity contribution in [1.82, 2.24) is 0 Å². The predicted molar refractivity (Wildman–Crippen MR) is 126 cm³/mol. The van der Waals surface area contributed by atoms with Crippen LogP contribution in [0, 0.1) is 0 Å². The van der Waals surface area contributed by atoms with Crippen molar-refractivity contribution < 1.29 is 14.3 Å². The number of carbonyl (C=O) groups excluding carboxylic acids is 1. The minimum Gasteiger partial charge on any atom is -0.488 e. The minimum absolute atomic E-state index is 0.164. The summed E-state index contributed by atoms with van der Waals surface area (Å²) in [5, 5.41) is 4.48. The predicted octanol–water partition coefficient (Wildman–Crippen LogP) is 2.30. The first-order valence-corrected chi connectivity index (χ1v) is 10.9. The fraction of sp³-hybridized carbons (Fsp3) is 0.138. The number of benzene rings is 2. The number of rotatable bonds is 4. The topological polar surface area (TPSA) is 35.5 Å². The van der Waals surface area contributed by atoms with Gasteiger partial charge in [0.15, 0.2) is 0 Å². The van der Waals surface area contributed by atoms with Crippen molar-refractivity contribution in [1.29, 1.82) is 0 Å². The second-order valence-electron chi connectivity index (χ2n) is 8.45. The van der Waals surface area contributed by atoms with Crippen LogP contribution in [0.5, 0.6) is 0 Å². The summed E-state index contributed by atoms with van der Waals surface area (Å²) in [7, 11) is 0. The first-order valence-electron chi connectivity index (χ1n) is 10.9. The Bertz CT molecular complexity index is 1380. The molecule has 0 spiro atoms. The number of Topliss-reactive ketones (excluding diaryl/α,β-unsaturated/α-hetero) is 1. The molecule has 6 rings (SSSR count). The van der Waals surface area contributed by atoms with Crippen LogP contribution in [-0.2, 0) is 14.3 Å². The Hall–Kier alpha value is -3.85. The third kappa shape index (κ3) is 3.18. The van der Waals surface area contributed by atoms with E-state index in [9.17, 15) is 4.79 Å². The summed E-state index contributed by atoms with van der Waals surface area (Å²) in [6.07, 6.45) is 16.2. The summed E-state index contributed by atoms with van der Waals surface area (Å²) in [4.78, 5) is 13.1. The summed E-state index contributed by atoms with van der Waals surface area (Å²) >= 11 is 0. The molecule has 156 valence electrons. The summed E-state index contributed by atoms with van der Waals surface area (Å²) in [6, 6.07) is 16.4. The molecule has 2 aliphatic carbocycles. The van der Waals surface area contributed by atoms with Gasteiger partial charge in [0.2, 0.25) is 0 Å². The van der Waals surface area contributed by atoms with E-state index in [1.807, 2.05) is 60.7 Å². The van der Waals surface area contributed by atoms with Gasteiger partial charge >= 0.3 is 0 Å². The van der Waals surface area contributed by atoms with Crippen LogP contribution in [0.25, 0.3) is 23.7 Å². The number of ketones is 1. The molecule has 2 aromatic carbocycles. The standard InChI is InChI=1S/C29H22O3/c30-23(15-19-9-5-13-26-24-11-3-1-7-21(24)17-31-28(19)26)16-20-10-6-14-27-25-12-4-2-8-22(25)18-32-29(20)27/h1-14,17-18,28-29H,15-16H2. The SMILES string of the molecule is O=C(CC1=CC=CC2=c3ccccc3=COC12)CC1=CC=CC2=c3ccccc3=COC12. The van der Waals surface area contributed by atoms with E-state index in [0.717, 1.165) is 32.7 Å². The molecule has 0 aromatic heterocycles. The van der Waals surface area contributed by atoms with E-state index < -0.39 is 0 Å². The molecule has 0 amide bonds. The molecule has 2 atom stereocenters. The van der Waals surface area contributed by atoms with Crippen LogP contribution in [0.4, 0.5) is 0 Å². The number of fused-ring (bicyclic) bond motifs is 4. The maximum atomic E-state index is 13.1. The van der Waals surface area contributed by atoms with Gasteiger partial charge in [0.05, 0.1) is 12.5 Å². The van der Waals surface area contributed by atoms with Crippen LogP contribution in [-0.4, -0.2) is 18.0 Å². The number of hydrogen-bond donors (Lipinski definition) is 0. The Morgan fingerprint density at radius 1 is 0.688 bits per heavy atom. The van der Waals surface area contributed by atoms with Crippen LogP contribution in [0.3, 0.4) is 0 Å². The lowest BCUT2D eigenvalue weighted by Crippen LogP contribution is -2.37. The normalized spacial score (nSPS) is 21.9. The van der Waals surface area contributed by atoms with Crippen molar-refractivity contribution in [2.45, 2.75) is 25.0 Å². The number of hydrogen-bond acceptors (Lipinski definition) is 3. The molecule has 2 aromatic rings. The Morgan fingerprint density at radius 2 is 1.16 bits per heavy atom. The van der Waals surface area contributed by atoms with Gasteiger partial charge in [0.1, 0.15) is 18.0 Å². The third-order valence-electron chi connectivity index (χ3n) is 6.42. The Balaban J connectivity index is 1.24. The zero-order chi connectivity index (χ0) is 21.5. The van der Waals surface area contributed by atoms with Gasteiger partial charge in [-0.1, -0.05) is 85.0 Å². The van der Waals surface area contributed by atoms with Gasteiger partial charge < -0.3 is 9.47 Å². The molecule has 2 unspecified atom stereocenters. The van der Waals surface area contributed by atoms with Gasteiger partial charge in [0, 0.05) is 34.4 Å². The van der Waals surface area contributed by atoms with Crippen molar-refractivity contribution in [3.63, 3.8) is 0 Å². The molecule has 3 heteroatoms. The molecule has 2 heterocycles. The van der Waals surface area contributed by atoms with E-state index in [-0.39, 0.29) is 18.0 Å². The lowest BCUT2D eigenvalue weighted by molar-refractivity contribution is -0.118. The molecule has 0 radical (unpaired) electrons. The van der Waals surface area contributed by atoms with Crippen LogP contribution < -0.4 is 20.9 Å². The Labute approximate surface area is 186 Å². The largest absolute Gasteiger partial charge is 0.488 e. The lowest BCUT2D eigenvalue weighted by atomic mass is 9.86. The summed E-state index contributed by atoms with van der Waals surface area (Å²) in [6.45, 7) is 0.